The predicted molar refractivity (Wildman–Crippen MR) is 52.3 cm³/mol. The second-order valence-corrected chi connectivity index (χ2v) is 8.76. The second kappa shape index (κ2) is 3.53. The van der Waals surface area contributed by atoms with Gasteiger partial charge in [-0.25, -0.2) is 8.42 Å². The fraction of sp³-hybridized carbons (Fsp3) is 0.714. The maximum Gasteiger partial charge on any atom is 0.332 e. The summed E-state index contributed by atoms with van der Waals surface area (Å²) in [5.41, 5.74) is 0. The largest absolute Gasteiger partial charge is 0.392 e. The monoisotopic (exact) mass is 222 g/mol. The van der Waals surface area contributed by atoms with Crippen molar-refractivity contribution in [3.63, 3.8) is 0 Å². The maximum atomic E-state index is 11.1. The molecule has 1 aliphatic heterocycles. The lowest BCUT2D eigenvalue weighted by Gasteiger charge is -2.13. The number of sulfone groups is 1. The molecule has 6 heteroatoms. The first-order valence-corrected chi connectivity index (χ1v) is 8.55. The third-order valence-corrected chi connectivity index (χ3v) is 4.85. The van der Waals surface area contributed by atoms with E-state index in [1.54, 1.807) is 0 Å². The summed E-state index contributed by atoms with van der Waals surface area (Å²) in [5, 5.41) is 0.962. The van der Waals surface area contributed by atoms with Gasteiger partial charge >= 0.3 is 8.56 Å². The Morgan fingerprint density at radius 3 is 2.62 bits per heavy atom. The standard InChI is InChI=1S/C7H14O4SSi/c1-4-12(8,9)6-7-5-10-13(2,3)11-7/h4,7H,1,5-6H2,2-3H3. The highest BCUT2D eigenvalue weighted by Gasteiger charge is 2.37. The summed E-state index contributed by atoms with van der Waals surface area (Å²) in [4.78, 5) is 0. The van der Waals surface area contributed by atoms with Crippen molar-refractivity contribution in [2.45, 2.75) is 19.2 Å². The molecule has 1 aliphatic rings. The molecule has 0 amide bonds. The minimum atomic E-state index is -3.17. The Bertz CT molecular complexity index is 296. The Kier molecular flexibility index (Phi) is 2.96. The SMILES string of the molecule is C=CS(=O)(=O)CC1CO[Si](C)(C)O1. The molecule has 0 bridgehead atoms. The van der Waals surface area contributed by atoms with Crippen LogP contribution in [-0.2, 0) is 18.7 Å². The van der Waals surface area contributed by atoms with Crippen molar-refractivity contribution < 1.29 is 17.3 Å². The topological polar surface area (TPSA) is 52.6 Å². The van der Waals surface area contributed by atoms with Crippen molar-refractivity contribution in [2.75, 3.05) is 12.4 Å². The average molecular weight is 222 g/mol. The van der Waals surface area contributed by atoms with Crippen molar-refractivity contribution in [1.29, 1.82) is 0 Å². The van der Waals surface area contributed by atoms with E-state index in [0.717, 1.165) is 5.41 Å². The van der Waals surface area contributed by atoms with Gasteiger partial charge in [0, 0.05) is 5.41 Å². The van der Waals surface area contributed by atoms with Crippen LogP contribution in [0.3, 0.4) is 0 Å². The van der Waals surface area contributed by atoms with E-state index in [1.165, 1.54) is 0 Å². The van der Waals surface area contributed by atoms with Gasteiger partial charge in [0.1, 0.15) is 0 Å². The van der Waals surface area contributed by atoms with Gasteiger partial charge in [0.05, 0.1) is 18.5 Å². The zero-order valence-electron chi connectivity index (χ0n) is 7.82. The third kappa shape index (κ3) is 3.22. The summed E-state index contributed by atoms with van der Waals surface area (Å²) in [6, 6.07) is 0. The summed E-state index contributed by atoms with van der Waals surface area (Å²) >= 11 is 0. The fourth-order valence-electron chi connectivity index (χ4n) is 1.17. The van der Waals surface area contributed by atoms with Gasteiger partial charge in [0.15, 0.2) is 9.84 Å². The smallest absolute Gasteiger partial charge is 0.332 e. The second-order valence-electron chi connectivity index (χ2n) is 3.45. The molecule has 0 aromatic heterocycles. The molecule has 0 N–H and O–H groups in total. The van der Waals surface area contributed by atoms with Crippen LogP contribution in [0.25, 0.3) is 0 Å². The van der Waals surface area contributed by atoms with Gasteiger partial charge in [0.2, 0.25) is 0 Å². The molecule has 0 aliphatic carbocycles. The van der Waals surface area contributed by atoms with Crippen LogP contribution in [0.15, 0.2) is 12.0 Å². The summed E-state index contributed by atoms with van der Waals surface area (Å²) in [6.07, 6.45) is -0.315. The molecule has 4 nitrogen and oxygen atoms in total. The zero-order chi connectivity index (χ0) is 10.1. The fourth-order valence-corrected chi connectivity index (χ4v) is 3.72. The van der Waals surface area contributed by atoms with Crippen molar-refractivity contribution in [3.05, 3.63) is 12.0 Å². The molecule has 1 rings (SSSR count). The van der Waals surface area contributed by atoms with Crippen LogP contribution in [0.1, 0.15) is 0 Å². The van der Waals surface area contributed by atoms with E-state index in [-0.39, 0.29) is 11.9 Å². The Hall–Kier alpha value is -0.173. The van der Waals surface area contributed by atoms with Gasteiger partial charge in [-0.1, -0.05) is 6.58 Å². The summed E-state index contributed by atoms with van der Waals surface area (Å²) < 4.78 is 33.1. The van der Waals surface area contributed by atoms with Crippen LogP contribution in [0, 0.1) is 0 Å². The molecule has 13 heavy (non-hydrogen) atoms. The molecule has 1 saturated heterocycles. The van der Waals surface area contributed by atoms with E-state index in [9.17, 15) is 8.42 Å². The molecule has 1 heterocycles. The number of hydrogen-bond donors (Lipinski definition) is 0. The first kappa shape index (κ1) is 10.9. The highest BCUT2D eigenvalue weighted by Crippen LogP contribution is 2.19. The summed E-state index contributed by atoms with van der Waals surface area (Å²) in [7, 11) is -5.19. The molecule has 0 radical (unpaired) electrons. The van der Waals surface area contributed by atoms with E-state index in [1.807, 2.05) is 13.1 Å². The Labute approximate surface area is 79.7 Å². The normalized spacial score (nSPS) is 27.4. The quantitative estimate of drug-likeness (QED) is 0.658. The van der Waals surface area contributed by atoms with Crippen molar-refractivity contribution in [2.24, 2.45) is 0 Å². The molecular formula is C7H14O4SSi. The maximum absolute atomic E-state index is 11.1. The molecule has 1 unspecified atom stereocenters. The van der Waals surface area contributed by atoms with E-state index < -0.39 is 18.4 Å². The molecule has 0 spiro atoms. The van der Waals surface area contributed by atoms with Gasteiger partial charge in [-0.15, -0.1) is 0 Å². The van der Waals surface area contributed by atoms with E-state index in [0.29, 0.717) is 6.61 Å². The Morgan fingerprint density at radius 2 is 2.23 bits per heavy atom. The highest BCUT2D eigenvalue weighted by molar-refractivity contribution is 7.94. The third-order valence-electron chi connectivity index (χ3n) is 1.74. The summed E-state index contributed by atoms with van der Waals surface area (Å²) in [5.74, 6) is -0.0209. The van der Waals surface area contributed by atoms with Gasteiger partial charge in [-0.2, -0.15) is 0 Å². The molecule has 76 valence electrons. The van der Waals surface area contributed by atoms with Crippen LogP contribution in [0.4, 0.5) is 0 Å². The van der Waals surface area contributed by atoms with E-state index in [4.69, 9.17) is 8.85 Å². The minimum absolute atomic E-state index is 0.0209. The lowest BCUT2D eigenvalue weighted by Crippen LogP contribution is -2.30. The molecule has 0 aromatic rings. The predicted octanol–water partition coefficient (Wildman–Crippen LogP) is 0.662. The van der Waals surface area contributed by atoms with Gasteiger partial charge in [0.25, 0.3) is 0 Å². The van der Waals surface area contributed by atoms with Gasteiger partial charge < -0.3 is 8.85 Å². The van der Waals surface area contributed by atoms with Crippen molar-refractivity contribution in [1.82, 2.24) is 0 Å². The van der Waals surface area contributed by atoms with E-state index in [2.05, 4.69) is 6.58 Å². The van der Waals surface area contributed by atoms with Crippen LogP contribution >= 0.6 is 0 Å². The van der Waals surface area contributed by atoms with Crippen LogP contribution in [0.2, 0.25) is 13.1 Å². The number of hydrogen-bond acceptors (Lipinski definition) is 4. The lowest BCUT2D eigenvalue weighted by atomic mass is 10.4. The summed E-state index contributed by atoms with van der Waals surface area (Å²) in [6.45, 7) is 7.41. The van der Waals surface area contributed by atoms with Crippen molar-refractivity contribution in [3.8, 4) is 0 Å². The van der Waals surface area contributed by atoms with Gasteiger partial charge in [-0.3, -0.25) is 0 Å². The Morgan fingerprint density at radius 1 is 1.62 bits per heavy atom. The molecule has 1 atom stereocenters. The molecule has 0 saturated carbocycles. The molecular weight excluding hydrogens is 208 g/mol. The van der Waals surface area contributed by atoms with Crippen LogP contribution in [-0.4, -0.2) is 35.4 Å². The first-order chi connectivity index (χ1) is 5.85. The highest BCUT2D eigenvalue weighted by atomic mass is 32.2. The number of rotatable bonds is 3. The lowest BCUT2D eigenvalue weighted by molar-refractivity contribution is 0.255. The van der Waals surface area contributed by atoms with Crippen molar-refractivity contribution >= 4 is 18.4 Å². The molecule has 0 aromatic carbocycles. The van der Waals surface area contributed by atoms with Crippen LogP contribution < -0.4 is 0 Å². The first-order valence-electron chi connectivity index (χ1n) is 4.02. The minimum Gasteiger partial charge on any atom is -0.392 e. The zero-order valence-corrected chi connectivity index (χ0v) is 9.63. The molecule has 1 fully saturated rings. The average Bonchev–Trinajstić information content (AvgIpc) is 2.29. The Balaban J connectivity index is 2.55. The van der Waals surface area contributed by atoms with Gasteiger partial charge in [-0.05, 0) is 13.1 Å². The van der Waals surface area contributed by atoms with E-state index >= 15 is 0 Å². The van der Waals surface area contributed by atoms with Crippen LogP contribution in [0.5, 0.6) is 0 Å².